The van der Waals surface area contributed by atoms with E-state index in [1.165, 1.54) is 11.0 Å². The zero-order chi connectivity index (χ0) is 15.4. The van der Waals surface area contributed by atoms with Crippen LogP contribution in [0.4, 0.5) is 0 Å². The van der Waals surface area contributed by atoms with Crippen molar-refractivity contribution in [1.29, 1.82) is 0 Å². The molecule has 2 aromatic rings. The third kappa shape index (κ3) is 3.10. The van der Waals surface area contributed by atoms with Crippen LogP contribution in [-0.2, 0) is 9.59 Å². The Labute approximate surface area is 122 Å². The summed E-state index contributed by atoms with van der Waals surface area (Å²) in [6.07, 6.45) is 3.11. The molecule has 21 heavy (non-hydrogen) atoms. The summed E-state index contributed by atoms with van der Waals surface area (Å²) in [4.78, 5) is 28.8. The number of fused-ring (bicyclic) bond motifs is 1. The van der Waals surface area contributed by atoms with Crippen LogP contribution in [0, 0.1) is 0 Å². The topological polar surface area (TPSA) is 75.4 Å². The van der Waals surface area contributed by atoms with E-state index in [0.717, 1.165) is 11.0 Å². The molecule has 1 aromatic carbocycles. The predicted molar refractivity (Wildman–Crippen MR) is 78.9 cm³/mol. The molecule has 1 amide bonds. The summed E-state index contributed by atoms with van der Waals surface area (Å²) in [6.45, 7) is 5.14. The van der Waals surface area contributed by atoms with E-state index >= 15 is 0 Å². The molecule has 1 heterocycles. The first-order chi connectivity index (χ1) is 10.0. The van der Waals surface area contributed by atoms with Gasteiger partial charge in [-0.15, -0.1) is 6.58 Å². The number of para-hydroxylation sites is 2. The maximum atomic E-state index is 12.5. The van der Waals surface area contributed by atoms with Crippen molar-refractivity contribution < 1.29 is 14.7 Å². The lowest BCUT2D eigenvalue weighted by molar-refractivity contribution is -0.145. The van der Waals surface area contributed by atoms with E-state index in [0.29, 0.717) is 0 Å². The first kappa shape index (κ1) is 14.8. The lowest BCUT2D eigenvalue weighted by atomic mass is 10.2. The first-order valence-corrected chi connectivity index (χ1v) is 6.57. The molecule has 0 saturated heterocycles. The molecule has 1 unspecified atom stereocenters. The Bertz CT molecular complexity index is 678. The maximum Gasteiger partial charge on any atom is 0.323 e. The van der Waals surface area contributed by atoms with Gasteiger partial charge in [0.05, 0.1) is 17.4 Å². The third-order valence-electron chi connectivity index (χ3n) is 3.24. The number of carbonyl (C=O) groups excluding carboxylic acids is 1. The minimum Gasteiger partial charge on any atom is -0.480 e. The summed E-state index contributed by atoms with van der Waals surface area (Å²) < 4.78 is 1.75. The van der Waals surface area contributed by atoms with Gasteiger partial charge < -0.3 is 14.6 Å². The Morgan fingerprint density at radius 2 is 2.19 bits per heavy atom. The standard InChI is InChI=1S/C15H17N3O3/c1-3-8-17(9-14(19)20)15(21)11(2)18-10-16-12-6-4-5-7-13(12)18/h3-7,10-11H,1,8-9H2,2H3,(H,19,20). The van der Waals surface area contributed by atoms with Gasteiger partial charge in [-0.25, -0.2) is 4.98 Å². The number of imidazole rings is 1. The van der Waals surface area contributed by atoms with Gasteiger partial charge in [-0.1, -0.05) is 18.2 Å². The number of carboxylic acids is 1. The van der Waals surface area contributed by atoms with Crippen molar-refractivity contribution in [3.8, 4) is 0 Å². The summed E-state index contributed by atoms with van der Waals surface area (Å²) in [6, 6.07) is 6.96. The molecule has 110 valence electrons. The fraction of sp³-hybridized carbons (Fsp3) is 0.267. The molecule has 0 fully saturated rings. The van der Waals surface area contributed by atoms with Gasteiger partial charge in [0.2, 0.25) is 5.91 Å². The largest absolute Gasteiger partial charge is 0.480 e. The molecule has 0 bridgehead atoms. The number of aliphatic carboxylic acids is 1. The number of hydrogen-bond acceptors (Lipinski definition) is 3. The highest BCUT2D eigenvalue weighted by Crippen LogP contribution is 2.19. The van der Waals surface area contributed by atoms with Crippen LogP contribution in [-0.4, -0.2) is 44.5 Å². The summed E-state index contributed by atoms with van der Waals surface area (Å²) in [5.41, 5.74) is 1.64. The van der Waals surface area contributed by atoms with Crippen LogP contribution in [0.2, 0.25) is 0 Å². The van der Waals surface area contributed by atoms with Gasteiger partial charge in [0, 0.05) is 6.54 Å². The minimum absolute atomic E-state index is 0.197. The van der Waals surface area contributed by atoms with Gasteiger partial charge in [-0.2, -0.15) is 0 Å². The first-order valence-electron chi connectivity index (χ1n) is 6.57. The maximum absolute atomic E-state index is 12.5. The summed E-state index contributed by atoms with van der Waals surface area (Å²) in [5.74, 6) is -1.33. The summed E-state index contributed by atoms with van der Waals surface area (Å²) >= 11 is 0. The number of hydrogen-bond donors (Lipinski definition) is 1. The number of carbonyl (C=O) groups is 2. The highest BCUT2D eigenvalue weighted by atomic mass is 16.4. The van der Waals surface area contributed by atoms with Gasteiger partial charge in [-0.05, 0) is 19.1 Å². The Balaban J connectivity index is 2.28. The Hall–Kier alpha value is -2.63. The molecular formula is C15H17N3O3. The summed E-state index contributed by atoms with van der Waals surface area (Å²) in [7, 11) is 0. The highest BCUT2D eigenvalue weighted by molar-refractivity contribution is 5.86. The van der Waals surface area contributed by atoms with Crippen LogP contribution in [0.5, 0.6) is 0 Å². The molecule has 0 aliphatic heterocycles. The van der Waals surface area contributed by atoms with Crippen LogP contribution in [0.3, 0.4) is 0 Å². The third-order valence-corrected chi connectivity index (χ3v) is 3.24. The molecule has 2 rings (SSSR count). The number of aromatic nitrogens is 2. The number of carboxylic acid groups (broad SMARTS) is 1. The molecule has 1 atom stereocenters. The number of benzene rings is 1. The van der Waals surface area contributed by atoms with Crippen molar-refractivity contribution in [2.45, 2.75) is 13.0 Å². The zero-order valence-electron chi connectivity index (χ0n) is 11.8. The van der Waals surface area contributed by atoms with Crippen LogP contribution < -0.4 is 0 Å². The molecule has 0 spiro atoms. The fourth-order valence-electron chi connectivity index (χ4n) is 2.22. The van der Waals surface area contributed by atoms with Crippen LogP contribution in [0.25, 0.3) is 11.0 Å². The highest BCUT2D eigenvalue weighted by Gasteiger charge is 2.23. The molecule has 0 saturated carbocycles. The van der Waals surface area contributed by atoms with E-state index in [2.05, 4.69) is 11.6 Å². The predicted octanol–water partition coefficient (Wildman–Crippen LogP) is 1.70. The molecular weight excluding hydrogens is 270 g/mol. The molecule has 6 nitrogen and oxygen atoms in total. The summed E-state index contributed by atoms with van der Waals surface area (Å²) in [5, 5.41) is 8.90. The quantitative estimate of drug-likeness (QED) is 0.820. The fourth-order valence-corrected chi connectivity index (χ4v) is 2.22. The average molecular weight is 287 g/mol. The molecule has 0 aliphatic rings. The van der Waals surface area contributed by atoms with Crippen molar-refractivity contribution in [2.24, 2.45) is 0 Å². The van der Waals surface area contributed by atoms with Gasteiger partial charge in [-0.3, -0.25) is 9.59 Å². The number of rotatable bonds is 6. The van der Waals surface area contributed by atoms with E-state index < -0.39 is 12.0 Å². The second kappa shape index (κ2) is 6.21. The minimum atomic E-state index is -1.05. The Morgan fingerprint density at radius 3 is 2.86 bits per heavy atom. The van der Waals surface area contributed by atoms with Crippen LogP contribution in [0.1, 0.15) is 13.0 Å². The van der Waals surface area contributed by atoms with E-state index in [1.807, 2.05) is 24.3 Å². The monoisotopic (exact) mass is 287 g/mol. The second-order valence-electron chi connectivity index (χ2n) is 4.72. The van der Waals surface area contributed by atoms with Gasteiger partial charge >= 0.3 is 5.97 Å². The van der Waals surface area contributed by atoms with E-state index in [-0.39, 0.29) is 19.0 Å². The second-order valence-corrected chi connectivity index (χ2v) is 4.72. The van der Waals surface area contributed by atoms with Crippen molar-refractivity contribution in [2.75, 3.05) is 13.1 Å². The van der Waals surface area contributed by atoms with Gasteiger partial charge in [0.15, 0.2) is 0 Å². The van der Waals surface area contributed by atoms with Crippen molar-refractivity contribution in [3.05, 3.63) is 43.2 Å². The van der Waals surface area contributed by atoms with E-state index in [4.69, 9.17) is 5.11 Å². The van der Waals surface area contributed by atoms with E-state index in [9.17, 15) is 9.59 Å². The smallest absolute Gasteiger partial charge is 0.323 e. The van der Waals surface area contributed by atoms with Crippen molar-refractivity contribution >= 4 is 22.9 Å². The van der Waals surface area contributed by atoms with Crippen molar-refractivity contribution in [3.63, 3.8) is 0 Å². The zero-order valence-corrected chi connectivity index (χ0v) is 11.8. The SMILES string of the molecule is C=CCN(CC(=O)O)C(=O)C(C)n1cnc2ccccc21. The lowest BCUT2D eigenvalue weighted by Gasteiger charge is -2.23. The lowest BCUT2D eigenvalue weighted by Crippen LogP contribution is -2.39. The number of nitrogens with zero attached hydrogens (tertiary/aromatic N) is 3. The Kier molecular flexibility index (Phi) is 4.37. The van der Waals surface area contributed by atoms with Gasteiger partial charge in [0.1, 0.15) is 12.6 Å². The van der Waals surface area contributed by atoms with E-state index in [1.54, 1.807) is 17.8 Å². The van der Waals surface area contributed by atoms with Crippen molar-refractivity contribution in [1.82, 2.24) is 14.5 Å². The van der Waals surface area contributed by atoms with Crippen LogP contribution in [0.15, 0.2) is 43.2 Å². The number of amides is 1. The Morgan fingerprint density at radius 1 is 1.48 bits per heavy atom. The van der Waals surface area contributed by atoms with Gasteiger partial charge in [0.25, 0.3) is 0 Å². The molecule has 0 aliphatic carbocycles. The molecule has 1 aromatic heterocycles. The molecule has 6 heteroatoms. The molecule has 0 radical (unpaired) electrons. The van der Waals surface area contributed by atoms with Crippen LogP contribution >= 0.6 is 0 Å². The average Bonchev–Trinajstić information content (AvgIpc) is 2.88. The molecule has 1 N–H and O–H groups in total. The normalized spacial score (nSPS) is 12.0.